The van der Waals surface area contributed by atoms with E-state index in [1.807, 2.05) is 96.4 Å². The molecule has 5 aromatic carbocycles. The Hall–Kier alpha value is -5.81. The number of benzene rings is 5. The Morgan fingerprint density at radius 3 is 1.80 bits per heavy atom. The van der Waals surface area contributed by atoms with Crippen LogP contribution in [0.3, 0.4) is 0 Å². The minimum absolute atomic E-state index is 0.306. The minimum Gasteiger partial charge on any atom is -0.311 e. The maximum Gasteiger partial charge on any atom is 0.416 e. The lowest BCUT2D eigenvalue weighted by Crippen LogP contribution is -2.04. The Balaban J connectivity index is 1.43. The number of fused-ring (bicyclic) bond motifs is 3. The zero-order valence-corrected chi connectivity index (χ0v) is 23.3. The van der Waals surface area contributed by atoms with Gasteiger partial charge in [-0.25, -0.2) is 19.8 Å². The quantitative estimate of drug-likeness (QED) is 0.194. The normalized spacial score (nSPS) is 11.6. The Bertz CT molecular complexity index is 2170. The summed E-state index contributed by atoms with van der Waals surface area (Å²) < 4.78 is 42.8. The van der Waals surface area contributed by atoms with Gasteiger partial charge in [0.05, 0.1) is 23.2 Å². The molecule has 44 heavy (non-hydrogen) atoms. The second-order valence-electron chi connectivity index (χ2n) is 10.4. The SMILES string of the molecule is [C-]#[N+]c1cc(-n2c3ccc(C)cc3c3cc(C(F)(F)F)ccc32)ccc1-c1nc(-c2ccccc2)nc(-c2ccccc2)n1. The molecule has 0 amide bonds. The fourth-order valence-electron chi connectivity index (χ4n) is 5.46. The van der Waals surface area contributed by atoms with E-state index in [2.05, 4.69) is 4.85 Å². The maximum absolute atomic E-state index is 13.6. The van der Waals surface area contributed by atoms with Crippen molar-refractivity contribution >= 4 is 27.5 Å². The molecule has 0 spiro atoms. The molecule has 7 aromatic rings. The molecule has 2 heterocycles. The molecular formula is C36H22F3N5. The first-order valence-electron chi connectivity index (χ1n) is 13.8. The molecule has 0 bridgehead atoms. The van der Waals surface area contributed by atoms with Gasteiger partial charge in [0.15, 0.2) is 23.2 Å². The van der Waals surface area contributed by atoms with Crippen LogP contribution in [0.15, 0.2) is 115 Å². The second-order valence-corrected chi connectivity index (χ2v) is 10.4. The third kappa shape index (κ3) is 4.74. The summed E-state index contributed by atoms with van der Waals surface area (Å²) in [6.07, 6.45) is -4.47. The van der Waals surface area contributed by atoms with Crippen molar-refractivity contribution in [3.63, 3.8) is 0 Å². The number of hydrogen-bond acceptors (Lipinski definition) is 3. The van der Waals surface area contributed by atoms with Crippen molar-refractivity contribution < 1.29 is 13.2 Å². The summed E-state index contributed by atoms with van der Waals surface area (Å²) in [5.74, 6) is 1.31. The highest BCUT2D eigenvalue weighted by molar-refractivity contribution is 6.10. The van der Waals surface area contributed by atoms with Crippen LogP contribution in [0.25, 0.3) is 66.5 Å². The van der Waals surface area contributed by atoms with Gasteiger partial charge in [0.25, 0.3) is 0 Å². The van der Waals surface area contributed by atoms with Gasteiger partial charge in [-0.15, -0.1) is 0 Å². The Morgan fingerprint density at radius 1 is 0.636 bits per heavy atom. The van der Waals surface area contributed by atoms with E-state index in [0.29, 0.717) is 50.7 Å². The maximum atomic E-state index is 13.6. The first kappa shape index (κ1) is 27.0. The lowest BCUT2D eigenvalue weighted by molar-refractivity contribution is -0.137. The molecule has 0 saturated carbocycles. The van der Waals surface area contributed by atoms with Crippen molar-refractivity contribution in [1.82, 2.24) is 19.5 Å². The van der Waals surface area contributed by atoms with Crippen molar-refractivity contribution in [2.75, 3.05) is 0 Å². The van der Waals surface area contributed by atoms with E-state index < -0.39 is 11.7 Å². The molecule has 0 unspecified atom stereocenters. The molecule has 8 heteroatoms. The van der Waals surface area contributed by atoms with Crippen molar-refractivity contribution in [2.45, 2.75) is 13.1 Å². The molecule has 0 N–H and O–H groups in total. The molecule has 7 rings (SSSR count). The Morgan fingerprint density at radius 2 is 1.20 bits per heavy atom. The molecule has 0 radical (unpaired) electrons. The van der Waals surface area contributed by atoms with Gasteiger partial charge in [0, 0.05) is 33.2 Å². The number of aryl methyl sites for hydroxylation is 1. The largest absolute Gasteiger partial charge is 0.416 e. The summed E-state index contributed by atoms with van der Waals surface area (Å²) >= 11 is 0. The second kappa shape index (κ2) is 10.5. The predicted molar refractivity (Wildman–Crippen MR) is 166 cm³/mol. The van der Waals surface area contributed by atoms with Gasteiger partial charge in [-0.2, -0.15) is 13.2 Å². The van der Waals surface area contributed by atoms with E-state index >= 15 is 0 Å². The average molecular weight is 582 g/mol. The number of rotatable bonds is 4. The van der Waals surface area contributed by atoms with Gasteiger partial charge in [-0.3, -0.25) is 0 Å². The van der Waals surface area contributed by atoms with Crippen LogP contribution in [0.5, 0.6) is 0 Å². The van der Waals surface area contributed by atoms with E-state index in [4.69, 9.17) is 21.5 Å². The average Bonchev–Trinajstić information content (AvgIpc) is 3.37. The smallest absolute Gasteiger partial charge is 0.311 e. The highest BCUT2D eigenvalue weighted by Gasteiger charge is 2.31. The molecule has 0 aliphatic rings. The van der Waals surface area contributed by atoms with Crippen LogP contribution < -0.4 is 0 Å². The van der Waals surface area contributed by atoms with Crippen molar-refractivity contribution in [3.8, 4) is 39.9 Å². The van der Waals surface area contributed by atoms with Crippen molar-refractivity contribution in [1.29, 1.82) is 0 Å². The van der Waals surface area contributed by atoms with Gasteiger partial charge < -0.3 is 4.57 Å². The summed E-state index contributed by atoms with van der Waals surface area (Å²) in [4.78, 5) is 18.1. The van der Waals surface area contributed by atoms with E-state index in [0.717, 1.165) is 28.3 Å². The van der Waals surface area contributed by atoms with Crippen molar-refractivity contribution in [3.05, 3.63) is 138 Å². The number of halogens is 3. The van der Waals surface area contributed by atoms with E-state index in [1.54, 1.807) is 12.1 Å². The number of alkyl halides is 3. The summed E-state index contributed by atoms with van der Waals surface area (Å²) in [6.45, 7) is 9.97. The van der Waals surface area contributed by atoms with E-state index in [9.17, 15) is 13.2 Å². The molecular weight excluding hydrogens is 559 g/mol. The lowest BCUT2D eigenvalue weighted by atomic mass is 10.1. The first-order chi connectivity index (χ1) is 21.3. The molecule has 212 valence electrons. The molecule has 0 atom stereocenters. The topological polar surface area (TPSA) is 48.0 Å². The standard InChI is InChI=1S/C36H22F3N5/c1-22-13-17-31-28(19-22)29-20-25(36(37,38)39)14-18-32(29)44(31)26-15-16-27(30(21-26)40-2)35-42-33(23-9-5-3-6-10-23)41-34(43-35)24-11-7-4-8-12-24/h3-21H,1H3. The van der Waals surface area contributed by atoms with E-state index in [1.165, 1.54) is 12.1 Å². The van der Waals surface area contributed by atoms with Gasteiger partial charge in [-0.05, 0) is 49.4 Å². The monoisotopic (exact) mass is 581 g/mol. The summed E-state index contributed by atoms with van der Waals surface area (Å²) in [5.41, 5.74) is 4.68. The molecule has 5 nitrogen and oxygen atoms in total. The fourth-order valence-corrected chi connectivity index (χ4v) is 5.46. The van der Waals surface area contributed by atoms with Crippen LogP contribution in [0.2, 0.25) is 0 Å². The van der Waals surface area contributed by atoms with Crippen LogP contribution in [0, 0.1) is 13.5 Å². The summed E-state index contributed by atoms with van der Waals surface area (Å²) in [5, 5.41) is 1.20. The predicted octanol–water partition coefficient (Wildman–Crippen LogP) is 9.85. The van der Waals surface area contributed by atoms with E-state index in [-0.39, 0.29) is 0 Å². The summed E-state index contributed by atoms with van der Waals surface area (Å²) in [7, 11) is 0. The highest BCUT2D eigenvalue weighted by Crippen LogP contribution is 2.39. The third-order valence-electron chi connectivity index (χ3n) is 7.55. The van der Waals surface area contributed by atoms with Crippen LogP contribution in [-0.4, -0.2) is 19.5 Å². The van der Waals surface area contributed by atoms with Crippen LogP contribution in [0.4, 0.5) is 18.9 Å². The molecule has 0 aliphatic carbocycles. The number of aromatic nitrogens is 4. The van der Waals surface area contributed by atoms with Crippen LogP contribution in [-0.2, 0) is 6.18 Å². The van der Waals surface area contributed by atoms with Gasteiger partial charge in [0.2, 0.25) is 0 Å². The third-order valence-corrected chi connectivity index (χ3v) is 7.55. The molecule has 0 fully saturated rings. The number of hydrogen-bond donors (Lipinski definition) is 0. The highest BCUT2D eigenvalue weighted by atomic mass is 19.4. The van der Waals surface area contributed by atoms with Gasteiger partial charge >= 0.3 is 6.18 Å². The van der Waals surface area contributed by atoms with Gasteiger partial charge in [-0.1, -0.05) is 78.4 Å². The van der Waals surface area contributed by atoms with Crippen LogP contribution >= 0.6 is 0 Å². The lowest BCUT2D eigenvalue weighted by Gasteiger charge is -2.13. The van der Waals surface area contributed by atoms with Crippen LogP contribution in [0.1, 0.15) is 11.1 Å². The zero-order chi connectivity index (χ0) is 30.4. The first-order valence-corrected chi connectivity index (χ1v) is 13.8. The summed E-state index contributed by atoms with van der Waals surface area (Å²) in [6, 6.07) is 34.0. The fraction of sp³-hybridized carbons (Fsp3) is 0.0556. The zero-order valence-electron chi connectivity index (χ0n) is 23.3. The molecule has 0 saturated heterocycles. The number of nitrogens with zero attached hydrogens (tertiary/aromatic N) is 5. The van der Waals surface area contributed by atoms with Gasteiger partial charge in [0.1, 0.15) is 0 Å². The Kier molecular flexibility index (Phi) is 6.44. The minimum atomic E-state index is -4.47. The van der Waals surface area contributed by atoms with Crippen molar-refractivity contribution in [2.24, 2.45) is 0 Å². The molecule has 0 aliphatic heterocycles. The Labute approximate surface area is 250 Å². The molecule has 2 aromatic heterocycles.